The van der Waals surface area contributed by atoms with Gasteiger partial charge in [0, 0.05) is 30.1 Å². The van der Waals surface area contributed by atoms with Crippen LogP contribution >= 0.6 is 11.8 Å². The molecular formula is C16H20N2O5S. The van der Waals surface area contributed by atoms with Crippen LogP contribution in [0.3, 0.4) is 0 Å². The number of amides is 1. The fraction of sp³-hybridized carbons (Fsp3) is 0.500. The molecule has 2 rings (SSSR count). The lowest BCUT2D eigenvalue weighted by Gasteiger charge is -2.13. The van der Waals surface area contributed by atoms with Gasteiger partial charge in [0.1, 0.15) is 0 Å². The summed E-state index contributed by atoms with van der Waals surface area (Å²) in [5.41, 5.74) is 1.98. The van der Waals surface area contributed by atoms with Gasteiger partial charge in [0.05, 0.1) is 12.1 Å². The summed E-state index contributed by atoms with van der Waals surface area (Å²) in [7, 11) is 0. The predicted octanol–water partition coefficient (Wildman–Crippen LogP) is 2.12. The number of ketones is 2. The van der Waals surface area contributed by atoms with E-state index < -0.39 is 5.97 Å². The molecule has 7 nitrogen and oxygen atoms in total. The fourth-order valence-corrected chi connectivity index (χ4v) is 3.55. The molecule has 0 aliphatic carbocycles. The summed E-state index contributed by atoms with van der Waals surface area (Å²) in [6, 6.07) is 0. The number of carbonyl (C=O) groups is 4. The summed E-state index contributed by atoms with van der Waals surface area (Å²) in [5, 5.41) is -0.0341. The topological polar surface area (TPSA) is 96.5 Å². The molecule has 1 saturated heterocycles. The minimum absolute atomic E-state index is 0.0341. The van der Waals surface area contributed by atoms with Crippen molar-refractivity contribution in [1.29, 1.82) is 0 Å². The predicted molar refractivity (Wildman–Crippen MR) is 89.6 cm³/mol. The quantitative estimate of drug-likeness (QED) is 0.596. The van der Waals surface area contributed by atoms with E-state index >= 15 is 0 Å². The molecule has 0 atom stereocenters. The van der Waals surface area contributed by atoms with Gasteiger partial charge in [-0.1, -0.05) is 11.8 Å². The van der Waals surface area contributed by atoms with Crippen molar-refractivity contribution in [2.24, 2.45) is 0 Å². The monoisotopic (exact) mass is 352 g/mol. The highest BCUT2D eigenvalue weighted by Gasteiger charge is 2.23. The van der Waals surface area contributed by atoms with Crippen LogP contribution in [0.1, 0.15) is 45.4 Å². The molecule has 0 aromatic carbocycles. The SMILES string of the molecule is CC(=O)c1c(C)[nH]c(C(=O)COC(=O)CCN2CCSC2=O)c1C. The summed E-state index contributed by atoms with van der Waals surface area (Å²) in [5.74, 6) is -0.300. The van der Waals surface area contributed by atoms with E-state index in [9.17, 15) is 19.2 Å². The number of H-pyrrole nitrogens is 1. The Morgan fingerprint density at radius 1 is 1.29 bits per heavy atom. The molecule has 2 heterocycles. The molecule has 0 bridgehead atoms. The van der Waals surface area contributed by atoms with Gasteiger partial charge in [-0.2, -0.15) is 0 Å². The Labute approximate surface area is 144 Å². The van der Waals surface area contributed by atoms with E-state index in [2.05, 4.69) is 4.98 Å². The number of nitrogens with one attached hydrogen (secondary N) is 1. The van der Waals surface area contributed by atoms with Gasteiger partial charge in [0.25, 0.3) is 5.24 Å². The van der Waals surface area contributed by atoms with Crippen LogP contribution in [0.15, 0.2) is 0 Å². The first-order valence-corrected chi connectivity index (χ1v) is 8.60. The Bertz CT molecular complexity index is 695. The maximum atomic E-state index is 12.2. The molecule has 24 heavy (non-hydrogen) atoms. The number of thioether (sulfide) groups is 1. The molecule has 130 valence electrons. The molecule has 0 spiro atoms. The third-order valence-corrected chi connectivity index (χ3v) is 4.76. The van der Waals surface area contributed by atoms with Gasteiger partial charge in [-0.3, -0.25) is 19.2 Å². The molecule has 0 saturated carbocycles. The number of aryl methyl sites for hydroxylation is 1. The molecule has 1 N–H and O–H groups in total. The van der Waals surface area contributed by atoms with Crippen molar-refractivity contribution in [3.8, 4) is 0 Å². The molecule has 0 unspecified atom stereocenters. The highest BCUT2D eigenvalue weighted by Crippen LogP contribution is 2.19. The highest BCUT2D eigenvalue weighted by molar-refractivity contribution is 8.13. The number of aromatic nitrogens is 1. The van der Waals surface area contributed by atoms with Crippen LogP contribution < -0.4 is 0 Å². The molecular weight excluding hydrogens is 332 g/mol. The average Bonchev–Trinajstić information content (AvgIpc) is 3.05. The number of Topliss-reactive ketones (excluding diaryl/α,β-unsaturated/α-hetero) is 2. The van der Waals surface area contributed by atoms with Crippen molar-refractivity contribution in [2.45, 2.75) is 27.2 Å². The number of esters is 1. The van der Waals surface area contributed by atoms with Gasteiger partial charge in [-0.05, 0) is 26.3 Å². The first-order chi connectivity index (χ1) is 11.3. The van der Waals surface area contributed by atoms with E-state index in [1.54, 1.807) is 18.7 Å². The zero-order valence-electron chi connectivity index (χ0n) is 13.9. The Hall–Kier alpha value is -2.09. The second-order valence-electron chi connectivity index (χ2n) is 5.62. The molecule has 1 fully saturated rings. The second-order valence-corrected chi connectivity index (χ2v) is 6.66. The highest BCUT2D eigenvalue weighted by atomic mass is 32.2. The molecule has 1 amide bonds. The van der Waals surface area contributed by atoms with Gasteiger partial charge in [-0.25, -0.2) is 0 Å². The minimum atomic E-state index is -0.527. The molecule has 1 aromatic heterocycles. The largest absolute Gasteiger partial charge is 0.457 e. The lowest BCUT2D eigenvalue weighted by molar-refractivity contribution is -0.142. The summed E-state index contributed by atoms with van der Waals surface area (Å²) in [4.78, 5) is 51.4. The average molecular weight is 352 g/mol. The van der Waals surface area contributed by atoms with E-state index in [4.69, 9.17) is 4.74 Å². The third-order valence-electron chi connectivity index (χ3n) is 3.86. The van der Waals surface area contributed by atoms with Gasteiger partial charge >= 0.3 is 5.97 Å². The molecule has 1 aromatic rings. The van der Waals surface area contributed by atoms with Crippen molar-refractivity contribution in [3.05, 3.63) is 22.5 Å². The Morgan fingerprint density at radius 3 is 2.54 bits per heavy atom. The Morgan fingerprint density at radius 2 is 2.00 bits per heavy atom. The second kappa shape index (κ2) is 7.65. The van der Waals surface area contributed by atoms with E-state index in [1.807, 2.05) is 0 Å². The Kier molecular flexibility index (Phi) is 5.82. The summed E-state index contributed by atoms with van der Waals surface area (Å²) in [6.45, 7) is 5.39. The fourth-order valence-electron chi connectivity index (χ4n) is 2.70. The zero-order chi connectivity index (χ0) is 17.9. The van der Waals surface area contributed by atoms with Crippen LogP contribution in [0.5, 0.6) is 0 Å². The number of nitrogens with zero attached hydrogens (tertiary/aromatic N) is 1. The molecule has 1 aliphatic rings. The van der Waals surface area contributed by atoms with E-state index in [-0.39, 0.29) is 35.5 Å². The summed E-state index contributed by atoms with van der Waals surface area (Å²) in [6.07, 6.45) is 0.0566. The lowest BCUT2D eigenvalue weighted by atomic mass is 10.1. The van der Waals surface area contributed by atoms with E-state index in [0.29, 0.717) is 29.9 Å². The van der Waals surface area contributed by atoms with Crippen molar-refractivity contribution in [3.63, 3.8) is 0 Å². The van der Waals surface area contributed by atoms with Crippen molar-refractivity contribution < 1.29 is 23.9 Å². The van der Waals surface area contributed by atoms with E-state index in [0.717, 1.165) is 5.75 Å². The number of aromatic amines is 1. The van der Waals surface area contributed by atoms with E-state index in [1.165, 1.54) is 18.7 Å². The third kappa shape index (κ3) is 4.05. The number of hydrogen-bond donors (Lipinski definition) is 1. The van der Waals surface area contributed by atoms with Crippen molar-refractivity contribution in [1.82, 2.24) is 9.88 Å². The van der Waals surface area contributed by atoms with Crippen LogP contribution in [-0.4, -0.2) is 58.1 Å². The number of ether oxygens (including phenoxy) is 1. The standard InChI is InChI=1S/C16H20N2O5S/c1-9-14(11(3)19)10(2)17-15(9)12(20)8-23-13(21)4-5-18-6-7-24-16(18)22/h17H,4-8H2,1-3H3. The van der Waals surface area contributed by atoms with Crippen LogP contribution in [0.2, 0.25) is 0 Å². The smallest absolute Gasteiger partial charge is 0.308 e. The first kappa shape index (κ1) is 18.3. The molecule has 8 heteroatoms. The Balaban J connectivity index is 1.86. The normalized spacial score (nSPS) is 14.1. The lowest BCUT2D eigenvalue weighted by Crippen LogP contribution is -2.27. The zero-order valence-corrected chi connectivity index (χ0v) is 14.7. The van der Waals surface area contributed by atoms with Gasteiger partial charge in [0.15, 0.2) is 12.4 Å². The van der Waals surface area contributed by atoms with Crippen molar-refractivity contribution >= 4 is 34.5 Å². The number of rotatable bonds is 7. The summed E-state index contributed by atoms with van der Waals surface area (Å²) >= 11 is 1.23. The van der Waals surface area contributed by atoms with Gasteiger partial charge in [-0.15, -0.1) is 0 Å². The van der Waals surface area contributed by atoms with Gasteiger partial charge in [0.2, 0.25) is 5.78 Å². The molecule has 1 aliphatic heterocycles. The van der Waals surface area contributed by atoms with Crippen LogP contribution in [0.25, 0.3) is 0 Å². The maximum Gasteiger partial charge on any atom is 0.308 e. The summed E-state index contributed by atoms with van der Waals surface area (Å²) < 4.78 is 4.98. The first-order valence-electron chi connectivity index (χ1n) is 7.62. The van der Waals surface area contributed by atoms with Crippen LogP contribution in [0, 0.1) is 13.8 Å². The maximum absolute atomic E-state index is 12.2. The minimum Gasteiger partial charge on any atom is -0.457 e. The van der Waals surface area contributed by atoms with Gasteiger partial charge < -0.3 is 14.6 Å². The number of hydrogen-bond acceptors (Lipinski definition) is 6. The van der Waals surface area contributed by atoms with Crippen LogP contribution in [-0.2, 0) is 9.53 Å². The van der Waals surface area contributed by atoms with Crippen LogP contribution in [0.4, 0.5) is 4.79 Å². The van der Waals surface area contributed by atoms with Crippen molar-refractivity contribution in [2.75, 3.05) is 25.4 Å². The number of carbonyl (C=O) groups excluding carboxylic acids is 4. The molecule has 0 radical (unpaired) electrons.